The first-order valence-corrected chi connectivity index (χ1v) is 9.35. The summed E-state index contributed by atoms with van der Waals surface area (Å²) < 4.78 is 2.05. The summed E-state index contributed by atoms with van der Waals surface area (Å²) in [6, 6.07) is 22.5. The molecule has 1 aromatic heterocycles. The molecule has 4 heteroatoms. The van der Waals surface area contributed by atoms with Crippen molar-refractivity contribution in [1.29, 1.82) is 0 Å². The van der Waals surface area contributed by atoms with Crippen LogP contribution in [0.15, 0.2) is 66.7 Å². The van der Waals surface area contributed by atoms with Crippen molar-refractivity contribution in [2.24, 2.45) is 0 Å². The Kier molecular flexibility index (Phi) is 5.14. The Morgan fingerprint density at radius 2 is 1.69 bits per heavy atom. The van der Waals surface area contributed by atoms with Crippen LogP contribution in [0.3, 0.4) is 0 Å². The molecule has 2 heterocycles. The molecule has 0 saturated heterocycles. The zero-order valence-electron chi connectivity index (χ0n) is 15.0. The average molecular weight is 347 g/mol. The Morgan fingerprint density at radius 3 is 2.46 bits per heavy atom. The third kappa shape index (κ3) is 3.87. The summed E-state index contributed by atoms with van der Waals surface area (Å²) >= 11 is 0. The second-order valence-electron chi connectivity index (χ2n) is 6.96. The van der Waals surface area contributed by atoms with Crippen molar-refractivity contribution < 1.29 is 5.11 Å². The molecule has 1 aliphatic rings. The first kappa shape index (κ1) is 17.0. The molecule has 0 fully saturated rings. The molecule has 1 N–H and O–H groups in total. The van der Waals surface area contributed by atoms with E-state index >= 15 is 0 Å². The summed E-state index contributed by atoms with van der Waals surface area (Å²) in [5, 5.41) is 15.2. The van der Waals surface area contributed by atoms with Gasteiger partial charge in [-0.2, -0.15) is 5.10 Å². The molecule has 0 bridgehead atoms. The molecule has 134 valence electrons. The molecule has 1 atom stereocenters. The maximum atomic E-state index is 10.6. The summed E-state index contributed by atoms with van der Waals surface area (Å²) in [4.78, 5) is 2.48. The molecule has 4 rings (SSSR count). The molecule has 0 unspecified atom stereocenters. The van der Waals surface area contributed by atoms with E-state index < -0.39 is 6.10 Å². The van der Waals surface area contributed by atoms with E-state index in [2.05, 4.69) is 51.1 Å². The summed E-state index contributed by atoms with van der Waals surface area (Å²) in [5.74, 6) is 0. The molecule has 0 amide bonds. The summed E-state index contributed by atoms with van der Waals surface area (Å²) in [7, 11) is 0. The van der Waals surface area contributed by atoms with Gasteiger partial charge in [-0.25, -0.2) is 0 Å². The average Bonchev–Trinajstić information content (AvgIpc) is 3.12. The van der Waals surface area contributed by atoms with Crippen molar-refractivity contribution in [1.82, 2.24) is 14.7 Å². The van der Waals surface area contributed by atoms with Crippen LogP contribution in [0.2, 0.25) is 0 Å². The van der Waals surface area contributed by atoms with Crippen LogP contribution < -0.4 is 0 Å². The molecular formula is C22H25N3O. The molecule has 0 saturated carbocycles. The van der Waals surface area contributed by atoms with Crippen LogP contribution in [0.5, 0.6) is 0 Å². The zero-order valence-corrected chi connectivity index (χ0v) is 15.0. The van der Waals surface area contributed by atoms with Crippen molar-refractivity contribution in [3.05, 3.63) is 89.2 Å². The van der Waals surface area contributed by atoms with E-state index in [4.69, 9.17) is 0 Å². The number of aromatic nitrogens is 2. The number of benzene rings is 2. The first-order valence-electron chi connectivity index (χ1n) is 9.35. The van der Waals surface area contributed by atoms with Gasteiger partial charge in [0.15, 0.2) is 0 Å². The molecule has 4 nitrogen and oxygen atoms in total. The quantitative estimate of drug-likeness (QED) is 0.743. The number of nitrogens with zero attached hydrogens (tertiary/aromatic N) is 3. The number of aliphatic hydroxyl groups excluding tert-OH is 1. The Hall–Kier alpha value is -2.43. The third-order valence-electron chi connectivity index (χ3n) is 5.07. The summed E-state index contributed by atoms with van der Waals surface area (Å²) in [6.45, 7) is 3.91. The van der Waals surface area contributed by atoms with Crippen LogP contribution in [-0.4, -0.2) is 32.9 Å². The number of hydrogen-bond acceptors (Lipinski definition) is 3. The minimum absolute atomic E-state index is 0.652. The Balaban J connectivity index is 1.36. The van der Waals surface area contributed by atoms with Crippen molar-refractivity contribution in [2.75, 3.05) is 13.1 Å². The minimum Gasteiger partial charge on any atom is -0.382 e. The largest absolute Gasteiger partial charge is 0.382 e. The van der Waals surface area contributed by atoms with Crippen molar-refractivity contribution in [2.45, 2.75) is 32.0 Å². The second kappa shape index (κ2) is 7.85. The molecule has 26 heavy (non-hydrogen) atoms. The summed E-state index contributed by atoms with van der Waals surface area (Å²) in [5.41, 5.74) is 4.24. The van der Waals surface area contributed by atoms with Gasteiger partial charge in [0.2, 0.25) is 0 Å². The van der Waals surface area contributed by atoms with Crippen LogP contribution >= 0.6 is 0 Å². The highest BCUT2D eigenvalue weighted by Crippen LogP contribution is 2.23. The number of fused-ring (bicyclic) bond motifs is 1. The maximum Gasteiger partial charge on any atom is 0.123 e. The van der Waals surface area contributed by atoms with E-state index in [1.807, 2.05) is 30.3 Å². The first-order chi connectivity index (χ1) is 12.8. The highest BCUT2D eigenvalue weighted by Gasteiger charge is 2.21. The SMILES string of the molecule is O[C@@H](c1ccccc1)c1cc2n(n1)CCN(CCCc1ccccc1)C2. The fourth-order valence-corrected chi connectivity index (χ4v) is 3.62. The fourth-order valence-electron chi connectivity index (χ4n) is 3.62. The Labute approximate surface area is 154 Å². The summed E-state index contributed by atoms with van der Waals surface area (Å²) in [6.07, 6.45) is 1.63. The van der Waals surface area contributed by atoms with Gasteiger partial charge in [0, 0.05) is 13.1 Å². The van der Waals surface area contributed by atoms with Crippen molar-refractivity contribution in [3.8, 4) is 0 Å². The number of rotatable bonds is 6. The lowest BCUT2D eigenvalue weighted by Gasteiger charge is -2.27. The van der Waals surface area contributed by atoms with Crippen LogP contribution in [0, 0.1) is 0 Å². The number of hydrogen-bond donors (Lipinski definition) is 1. The van der Waals surface area contributed by atoms with E-state index in [1.165, 1.54) is 11.3 Å². The topological polar surface area (TPSA) is 41.3 Å². The van der Waals surface area contributed by atoms with Crippen LogP contribution in [0.4, 0.5) is 0 Å². The van der Waals surface area contributed by atoms with Crippen molar-refractivity contribution >= 4 is 0 Å². The lowest BCUT2D eigenvalue weighted by molar-refractivity contribution is 0.204. The van der Waals surface area contributed by atoms with Gasteiger partial charge in [-0.3, -0.25) is 9.58 Å². The van der Waals surface area contributed by atoms with Crippen molar-refractivity contribution in [3.63, 3.8) is 0 Å². The molecule has 0 spiro atoms. The van der Waals surface area contributed by atoms with Crippen LogP contribution in [0.1, 0.15) is 35.0 Å². The van der Waals surface area contributed by atoms with E-state index in [0.717, 1.165) is 50.3 Å². The smallest absolute Gasteiger partial charge is 0.123 e. The maximum absolute atomic E-state index is 10.6. The fraction of sp³-hybridized carbons (Fsp3) is 0.318. The Bertz CT molecular complexity index is 829. The van der Waals surface area contributed by atoms with Gasteiger partial charge in [-0.15, -0.1) is 0 Å². The number of aryl methyl sites for hydroxylation is 1. The zero-order chi connectivity index (χ0) is 17.8. The van der Waals surface area contributed by atoms with Crippen LogP contribution in [0.25, 0.3) is 0 Å². The van der Waals surface area contributed by atoms with E-state index in [9.17, 15) is 5.11 Å². The normalized spacial score (nSPS) is 15.6. The molecule has 0 radical (unpaired) electrons. The van der Waals surface area contributed by atoms with E-state index in [1.54, 1.807) is 0 Å². The van der Waals surface area contributed by atoms with Crippen LogP contribution in [-0.2, 0) is 19.5 Å². The standard InChI is InChI=1S/C22H25N3O/c26-22(19-11-5-2-6-12-19)21-16-20-17-24(14-15-25(20)23-21)13-7-10-18-8-3-1-4-9-18/h1-6,8-9,11-12,16,22,26H,7,10,13-15,17H2/t22-/m0/s1. The van der Waals surface area contributed by atoms with E-state index in [-0.39, 0.29) is 0 Å². The molecule has 0 aliphatic carbocycles. The van der Waals surface area contributed by atoms with Gasteiger partial charge < -0.3 is 5.11 Å². The predicted molar refractivity (Wildman–Crippen MR) is 103 cm³/mol. The molecular weight excluding hydrogens is 322 g/mol. The Morgan fingerprint density at radius 1 is 0.962 bits per heavy atom. The van der Waals surface area contributed by atoms with Gasteiger partial charge in [0.25, 0.3) is 0 Å². The second-order valence-corrected chi connectivity index (χ2v) is 6.96. The molecule has 2 aromatic carbocycles. The highest BCUT2D eigenvalue weighted by atomic mass is 16.3. The van der Waals surface area contributed by atoms with Gasteiger partial charge in [0.05, 0.1) is 17.9 Å². The van der Waals surface area contributed by atoms with E-state index in [0.29, 0.717) is 0 Å². The number of aliphatic hydroxyl groups is 1. The predicted octanol–water partition coefficient (Wildman–Crippen LogP) is 3.41. The van der Waals surface area contributed by atoms with Gasteiger partial charge in [-0.1, -0.05) is 60.7 Å². The lowest BCUT2D eigenvalue weighted by Crippen LogP contribution is -2.34. The third-order valence-corrected chi connectivity index (χ3v) is 5.07. The molecule has 1 aliphatic heterocycles. The molecule has 3 aromatic rings. The lowest BCUT2D eigenvalue weighted by atomic mass is 10.1. The van der Waals surface area contributed by atoms with Gasteiger partial charge >= 0.3 is 0 Å². The van der Waals surface area contributed by atoms with Gasteiger partial charge in [-0.05, 0) is 36.6 Å². The monoisotopic (exact) mass is 347 g/mol. The minimum atomic E-state index is -0.652. The van der Waals surface area contributed by atoms with Gasteiger partial charge in [0.1, 0.15) is 6.10 Å². The highest BCUT2D eigenvalue weighted by molar-refractivity contribution is 5.27.